The molecule has 1 heterocycles. The first-order chi connectivity index (χ1) is 8.72. The standard InChI is InChI=1S/C14H16BrNOS/c1-10(14-12(15)7-8-18-14)16-13(9-17)11-5-3-2-4-6-11/h2-8,10,13,16-17H,9H2,1H3/t10?,13-/m1/s1. The lowest BCUT2D eigenvalue weighted by Crippen LogP contribution is -2.27. The number of halogens is 1. The van der Waals surface area contributed by atoms with Gasteiger partial charge in [-0.1, -0.05) is 30.3 Å². The molecule has 18 heavy (non-hydrogen) atoms. The van der Waals surface area contributed by atoms with Crippen molar-refractivity contribution >= 4 is 27.3 Å². The molecule has 0 bridgehead atoms. The second-order valence-corrected chi connectivity index (χ2v) is 5.97. The Morgan fingerprint density at radius 2 is 2.00 bits per heavy atom. The molecule has 2 N–H and O–H groups in total. The van der Waals surface area contributed by atoms with E-state index < -0.39 is 0 Å². The van der Waals surface area contributed by atoms with Crippen LogP contribution >= 0.6 is 27.3 Å². The van der Waals surface area contributed by atoms with Crippen LogP contribution < -0.4 is 5.32 Å². The number of aliphatic hydroxyl groups excluding tert-OH is 1. The number of aliphatic hydroxyl groups is 1. The summed E-state index contributed by atoms with van der Waals surface area (Å²) in [6, 6.07) is 12.3. The van der Waals surface area contributed by atoms with Gasteiger partial charge in [0.25, 0.3) is 0 Å². The van der Waals surface area contributed by atoms with Gasteiger partial charge in [0.1, 0.15) is 0 Å². The minimum Gasteiger partial charge on any atom is -0.394 e. The molecule has 0 aliphatic rings. The summed E-state index contributed by atoms with van der Waals surface area (Å²) in [5, 5.41) is 15.0. The van der Waals surface area contributed by atoms with Gasteiger partial charge in [-0.2, -0.15) is 0 Å². The van der Waals surface area contributed by atoms with Crippen LogP contribution in [0.25, 0.3) is 0 Å². The molecular formula is C14H16BrNOS. The first-order valence-electron chi connectivity index (χ1n) is 5.87. The average molecular weight is 326 g/mol. The van der Waals surface area contributed by atoms with Crippen molar-refractivity contribution in [2.75, 3.05) is 6.61 Å². The van der Waals surface area contributed by atoms with Crippen LogP contribution in [0, 0.1) is 0 Å². The maximum Gasteiger partial charge on any atom is 0.0626 e. The second-order valence-electron chi connectivity index (χ2n) is 4.17. The van der Waals surface area contributed by atoms with Gasteiger partial charge in [-0.05, 0) is 39.9 Å². The molecule has 0 saturated carbocycles. The summed E-state index contributed by atoms with van der Waals surface area (Å²) in [5.41, 5.74) is 1.11. The Kier molecular flexibility index (Phi) is 4.95. The summed E-state index contributed by atoms with van der Waals surface area (Å²) < 4.78 is 1.12. The molecular weight excluding hydrogens is 310 g/mol. The zero-order valence-corrected chi connectivity index (χ0v) is 12.5. The lowest BCUT2D eigenvalue weighted by Gasteiger charge is -2.21. The highest BCUT2D eigenvalue weighted by Crippen LogP contribution is 2.30. The Balaban J connectivity index is 2.10. The van der Waals surface area contributed by atoms with Crippen LogP contribution in [0.3, 0.4) is 0 Å². The number of nitrogens with one attached hydrogen (secondary N) is 1. The van der Waals surface area contributed by atoms with Crippen molar-refractivity contribution in [3.63, 3.8) is 0 Å². The highest BCUT2D eigenvalue weighted by molar-refractivity contribution is 9.10. The Labute approximate surface area is 120 Å². The topological polar surface area (TPSA) is 32.3 Å². The van der Waals surface area contributed by atoms with Crippen molar-refractivity contribution in [2.24, 2.45) is 0 Å². The fourth-order valence-corrected chi connectivity index (χ4v) is 3.67. The van der Waals surface area contributed by atoms with Gasteiger partial charge in [-0.15, -0.1) is 11.3 Å². The molecule has 0 saturated heterocycles. The Bertz CT molecular complexity index is 486. The minimum atomic E-state index is -0.0322. The van der Waals surface area contributed by atoms with Crippen molar-refractivity contribution in [2.45, 2.75) is 19.0 Å². The molecule has 2 rings (SSSR count). The molecule has 0 fully saturated rings. The maximum atomic E-state index is 9.52. The zero-order chi connectivity index (χ0) is 13.0. The minimum absolute atomic E-state index is 0.0322. The van der Waals surface area contributed by atoms with E-state index in [9.17, 15) is 5.11 Å². The number of rotatable bonds is 5. The highest BCUT2D eigenvalue weighted by atomic mass is 79.9. The summed E-state index contributed by atoms with van der Waals surface area (Å²) in [5.74, 6) is 0. The molecule has 0 radical (unpaired) electrons. The van der Waals surface area contributed by atoms with Gasteiger partial charge in [0.2, 0.25) is 0 Å². The number of hydrogen-bond donors (Lipinski definition) is 2. The second kappa shape index (κ2) is 6.48. The molecule has 0 spiro atoms. The van der Waals surface area contributed by atoms with Gasteiger partial charge in [-0.25, -0.2) is 0 Å². The van der Waals surface area contributed by atoms with E-state index in [2.05, 4.69) is 39.6 Å². The van der Waals surface area contributed by atoms with Crippen molar-refractivity contribution in [3.8, 4) is 0 Å². The van der Waals surface area contributed by atoms with Crippen molar-refractivity contribution in [3.05, 3.63) is 56.7 Å². The summed E-state index contributed by atoms with van der Waals surface area (Å²) in [6.45, 7) is 2.21. The SMILES string of the molecule is CC(N[C@H](CO)c1ccccc1)c1sccc1Br. The summed E-state index contributed by atoms with van der Waals surface area (Å²) >= 11 is 5.26. The van der Waals surface area contributed by atoms with E-state index >= 15 is 0 Å². The molecule has 0 aliphatic heterocycles. The third-order valence-corrected chi connectivity index (χ3v) is 4.93. The zero-order valence-electron chi connectivity index (χ0n) is 10.1. The van der Waals surface area contributed by atoms with Crippen LogP contribution in [-0.2, 0) is 0 Å². The quantitative estimate of drug-likeness (QED) is 0.873. The molecule has 0 aliphatic carbocycles. The lowest BCUT2D eigenvalue weighted by atomic mass is 10.1. The van der Waals surface area contributed by atoms with Gasteiger partial charge in [0.05, 0.1) is 12.6 Å². The Morgan fingerprint density at radius 3 is 2.56 bits per heavy atom. The molecule has 1 unspecified atom stereocenters. The first kappa shape index (κ1) is 13.7. The highest BCUT2D eigenvalue weighted by Gasteiger charge is 2.16. The third kappa shape index (κ3) is 3.20. The Morgan fingerprint density at radius 1 is 1.28 bits per heavy atom. The normalized spacial score (nSPS) is 14.4. The van der Waals surface area contributed by atoms with Crippen molar-refractivity contribution < 1.29 is 5.11 Å². The Hall–Kier alpha value is -0.680. The molecule has 4 heteroatoms. The van der Waals surface area contributed by atoms with Crippen LogP contribution in [0.5, 0.6) is 0 Å². The molecule has 2 atom stereocenters. The van der Waals surface area contributed by atoms with Crippen molar-refractivity contribution in [1.82, 2.24) is 5.32 Å². The van der Waals surface area contributed by atoms with E-state index in [1.54, 1.807) is 11.3 Å². The molecule has 1 aromatic carbocycles. The fourth-order valence-electron chi connectivity index (χ4n) is 1.93. The van der Waals surface area contributed by atoms with E-state index in [0.29, 0.717) is 0 Å². The number of thiophene rings is 1. The fraction of sp³-hybridized carbons (Fsp3) is 0.286. The molecule has 0 amide bonds. The summed E-state index contributed by atoms with van der Waals surface area (Å²) in [6.07, 6.45) is 0. The van der Waals surface area contributed by atoms with Crippen molar-refractivity contribution in [1.29, 1.82) is 0 Å². The predicted molar refractivity (Wildman–Crippen MR) is 79.8 cm³/mol. The first-order valence-corrected chi connectivity index (χ1v) is 7.54. The van der Waals surface area contributed by atoms with Crippen LogP contribution in [0.2, 0.25) is 0 Å². The number of benzene rings is 1. The largest absolute Gasteiger partial charge is 0.394 e. The van der Waals surface area contributed by atoms with Crippen LogP contribution in [0.4, 0.5) is 0 Å². The maximum absolute atomic E-state index is 9.52. The van der Waals surface area contributed by atoms with Gasteiger partial charge >= 0.3 is 0 Å². The lowest BCUT2D eigenvalue weighted by molar-refractivity contribution is 0.236. The molecule has 2 aromatic rings. The summed E-state index contributed by atoms with van der Waals surface area (Å²) in [4.78, 5) is 1.25. The monoisotopic (exact) mass is 325 g/mol. The van der Waals surface area contributed by atoms with Crippen LogP contribution in [0.1, 0.15) is 29.4 Å². The summed E-state index contributed by atoms with van der Waals surface area (Å²) in [7, 11) is 0. The van der Waals surface area contributed by atoms with Crippen LogP contribution in [0.15, 0.2) is 46.3 Å². The third-order valence-electron chi connectivity index (χ3n) is 2.87. The van der Waals surface area contributed by atoms with E-state index in [-0.39, 0.29) is 18.7 Å². The number of hydrogen-bond acceptors (Lipinski definition) is 3. The molecule has 96 valence electrons. The average Bonchev–Trinajstić information content (AvgIpc) is 2.83. The van der Waals surface area contributed by atoms with Gasteiger partial charge in [0.15, 0.2) is 0 Å². The van der Waals surface area contributed by atoms with E-state index in [0.717, 1.165) is 10.0 Å². The van der Waals surface area contributed by atoms with E-state index in [1.807, 2.05) is 30.3 Å². The van der Waals surface area contributed by atoms with Gasteiger partial charge in [0, 0.05) is 15.4 Å². The van der Waals surface area contributed by atoms with E-state index in [4.69, 9.17) is 0 Å². The van der Waals surface area contributed by atoms with E-state index in [1.165, 1.54) is 4.88 Å². The van der Waals surface area contributed by atoms with Crippen LogP contribution in [-0.4, -0.2) is 11.7 Å². The van der Waals surface area contributed by atoms with Gasteiger partial charge in [-0.3, -0.25) is 0 Å². The molecule has 2 nitrogen and oxygen atoms in total. The van der Waals surface area contributed by atoms with Gasteiger partial charge < -0.3 is 10.4 Å². The molecule has 1 aromatic heterocycles. The predicted octanol–water partition coefficient (Wildman–Crippen LogP) is 3.89. The smallest absolute Gasteiger partial charge is 0.0626 e.